The average molecular weight is 483 g/mol. The smallest absolute Gasteiger partial charge is 0.407 e. The maximum absolute atomic E-state index is 13.3. The number of alkyl carbamates (subject to hydrolysis) is 1. The minimum absolute atomic E-state index is 0.0592. The van der Waals surface area contributed by atoms with Crippen LogP contribution in [-0.4, -0.2) is 33.4 Å². The zero-order valence-corrected chi connectivity index (χ0v) is 19.2. The van der Waals surface area contributed by atoms with E-state index in [0.29, 0.717) is 46.9 Å². The second kappa shape index (κ2) is 11.0. The van der Waals surface area contributed by atoms with Crippen LogP contribution in [0.1, 0.15) is 42.5 Å². The number of rotatable bonds is 8. The van der Waals surface area contributed by atoms with Gasteiger partial charge in [-0.25, -0.2) is 14.2 Å². The number of nitrogens with zero attached hydrogens (tertiary/aromatic N) is 2. The Morgan fingerprint density at radius 3 is 2.86 bits per heavy atom. The molecule has 3 aromatic rings. The van der Waals surface area contributed by atoms with Gasteiger partial charge in [0.2, 0.25) is 0 Å². The summed E-state index contributed by atoms with van der Waals surface area (Å²) < 4.78 is 29.8. The standard InChI is InChI=1S/C25H26FN3O6/c1-15-21(13-28-25(32)33-14-16-4-2-6-18(26)10-16)23(35-29-15)22-9-8-20(12-27-22)34-19-7-3-5-17(11-19)24(30)31/h2,4,6,8-10,12,17,19H,3,5,7,11,13-14H2,1H3,(H,28,32)(H,30,31)/t17-,19-/m0/s1. The molecule has 0 aliphatic heterocycles. The van der Waals surface area contributed by atoms with Crippen LogP contribution in [0.15, 0.2) is 47.1 Å². The molecule has 1 aliphatic carbocycles. The number of halogens is 1. The Bertz CT molecular complexity index is 1180. The van der Waals surface area contributed by atoms with Crippen LogP contribution in [0.4, 0.5) is 9.18 Å². The van der Waals surface area contributed by atoms with Crippen molar-refractivity contribution in [2.45, 2.75) is 51.9 Å². The minimum atomic E-state index is -0.786. The van der Waals surface area contributed by atoms with E-state index in [1.807, 2.05) is 0 Å². The van der Waals surface area contributed by atoms with Crippen LogP contribution in [-0.2, 0) is 22.7 Å². The van der Waals surface area contributed by atoms with Crippen molar-refractivity contribution in [3.8, 4) is 17.2 Å². The van der Waals surface area contributed by atoms with Gasteiger partial charge in [-0.15, -0.1) is 0 Å². The molecule has 1 amide bonds. The van der Waals surface area contributed by atoms with Gasteiger partial charge in [0, 0.05) is 5.56 Å². The SMILES string of the molecule is Cc1noc(-c2ccc(O[C@H]3CCC[C@H](C(=O)O)C3)cn2)c1CNC(=O)OCc1cccc(F)c1. The number of aliphatic carboxylic acids is 1. The summed E-state index contributed by atoms with van der Waals surface area (Å²) in [5.74, 6) is -0.617. The lowest BCUT2D eigenvalue weighted by Crippen LogP contribution is -2.29. The van der Waals surface area contributed by atoms with Crippen molar-refractivity contribution in [3.05, 3.63) is 65.2 Å². The molecule has 184 valence electrons. The van der Waals surface area contributed by atoms with Gasteiger partial charge in [0.25, 0.3) is 0 Å². The first kappa shape index (κ1) is 24.2. The zero-order chi connectivity index (χ0) is 24.8. The third-order valence-electron chi connectivity index (χ3n) is 5.90. The number of aromatic nitrogens is 2. The average Bonchev–Trinajstić information content (AvgIpc) is 3.22. The number of pyridine rings is 1. The second-order valence-electron chi connectivity index (χ2n) is 8.46. The Morgan fingerprint density at radius 1 is 1.26 bits per heavy atom. The summed E-state index contributed by atoms with van der Waals surface area (Å²) >= 11 is 0. The topological polar surface area (TPSA) is 124 Å². The Hall–Kier alpha value is -3.95. The fourth-order valence-corrected chi connectivity index (χ4v) is 4.04. The molecule has 2 atom stereocenters. The van der Waals surface area contributed by atoms with Crippen LogP contribution in [0.2, 0.25) is 0 Å². The predicted molar refractivity (Wildman–Crippen MR) is 122 cm³/mol. The third kappa shape index (κ3) is 6.34. The van der Waals surface area contributed by atoms with E-state index in [0.717, 1.165) is 12.8 Å². The molecule has 1 saturated carbocycles. The van der Waals surface area contributed by atoms with Gasteiger partial charge >= 0.3 is 12.1 Å². The maximum atomic E-state index is 13.3. The zero-order valence-electron chi connectivity index (χ0n) is 19.2. The highest BCUT2D eigenvalue weighted by Gasteiger charge is 2.28. The van der Waals surface area contributed by atoms with Crippen LogP contribution in [0.3, 0.4) is 0 Å². The van der Waals surface area contributed by atoms with E-state index >= 15 is 0 Å². The van der Waals surface area contributed by atoms with Crippen LogP contribution >= 0.6 is 0 Å². The normalized spacial score (nSPS) is 17.5. The third-order valence-corrected chi connectivity index (χ3v) is 5.90. The van der Waals surface area contributed by atoms with Crippen molar-refractivity contribution in [3.63, 3.8) is 0 Å². The predicted octanol–water partition coefficient (Wildman–Crippen LogP) is 4.63. The van der Waals surface area contributed by atoms with Crippen LogP contribution in [0, 0.1) is 18.7 Å². The maximum Gasteiger partial charge on any atom is 0.407 e. The monoisotopic (exact) mass is 483 g/mol. The van der Waals surface area contributed by atoms with E-state index in [-0.39, 0.29) is 25.2 Å². The Morgan fingerprint density at radius 2 is 2.11 bits per heavy atom. The number of carbonyl (C=O) groups is 2. The number of benzene rings is 1. The number of aryl methyl sites for hydroxylation is 1. The molecule has 0 saturated heterocycles. The van der Waals surface area contributed by atoms with Crippen LogP contribution < -0.4 is 10.1 Å². The number of carboxylic acids is 1. The van der Waals surface area contributed by atoms with Crippen molar-refractivity contribution < 1.29 is 33.1 Å². The van der Waals surface area contributed by atoms with Gasteiger partial charge < -0.3 is 24.4 Å². The number of hydrogen-bond donors (Lipinski definition) is 2. The largest absolute Gasteiger partial charge is 0.489 e. The second-order valence-corrected chi connectivity index (χ2v) is 8.46. The van der Waals surface area contributed by atoms with Crippen molar-refractivity contribution in [1.82, 2.24) is 15.5 Å². The first-order valence-electron chi connectivity index (χ1n) is 11.3. The van der Waals surface area contributed by atoms with Crippen molar-refractivity contribution in [2.24, 2.45) is 5.92 Å². The van der Waals surface area contributed by atoms with Gasteiger partial charge in [0.15, 0.2) is 5.76 Å². The summed E-state index contributed by atoms with van der Waals surface area (Å²) in [4.78, 5) is 27.8. The Balaban J connectivity index is 1.34. The van der Waals surface area contributed by atoms with E-state index in [1.54, 1.807) is 37.4 Å². The number of carboxylic acid groups (broad SMARTS) is 1. The van der Waals surface area contributed by atoms with Crippen molar-refractivity contribution in [1.29, 1.82) is 0 Å². The molecule has 35 heavy (non-hydrogen) atoms. The van der Waals surface area contributed by atoms with Crippen molar-refractivity contribution >= 4 is 12.1 Å². The molecular weight excluding hydrogens is 457 g/mol. The molecule has 0 spiro atoms. The molecule has 2 aromatic heterocycles. The van der Waals surface area contributed by atoms with Crippen LogP contribution in [0.5, 0.6) is 5.75 Å². The fourth-order valence-electron chi connectivity index (χ4n) is 4.04. The summed E-state index contributed by atoms with van der Waals surface area (Å²) in [5.41, 5.74) is 2.29. The molecule has 1 aromatic carbocycles. The first-order chi connectivity index (χ1) is 16.9. The Labute approximate surface area is 201 Å². The molecule has 2 N–H and O–H groups in total. The molecule has 9 nitrogen and oxygen atoms in total. The number of hydrogen-bond acceptors (Lipinski definition) is 7. The molecule has 0 bridgehead atoms. The highest BCUT2D eigenvalue weighted by atomic mass is 19.1. The fraction of sp³-hybridized carbons (Fsp3) is 0.360. The number of ether oxygens (including phenoxy) is 2. The molecule has 10 heteroatoms. The molecule has 4 rings (SSSR count). The highest BCUT2D eigenvalue weighted by molar-refractivity contribution is 5.70. The lowest BCUT2D eigenvalue weighted by molar-refractivity contribution is -0.143. The Kier molecular flexibility index (Phi) is 7.59. The van der Waals surface area contributed by atoms with Gasteiger partial charge in [-0.1, -0.05) is 17.3 Å². The summed E-state index contributed by atoms with van der Waals surface area (Å²) in [5, 5.41) is 15.9. The molecule has 2 heterocycles. The lowest BCUT2D eigenvalue weighted by atomic mass is 9.87. The van der Waals surface area contributed by atoms with Gasteiger partial charge in [0.1, 0.15) is 23.9 Å². The highest BCUT2D eigenvalue weighted by Crippen LogP contribution is 2.30. The van der Waals surface area contributed by atoms with Gasteiger partial charge in [0.05, 0.1) is 30.5 Å². The molecule has 0 radical (unpaired) electrons. The lowest BCUT2D eigenvalue weighted by Gasteiger charge is -2.27. The van der Waals surface area contributed by atoms with Crippen molar-refractivity contribution in [2.75, 3.05) is 0 Å². The van der Waals surface area contributed by atoms with Gasteiger partial charge in [-0.3, -0.25) is 4.79 Å². The number of carbonyl (C=O) groups excluding carboxylic acids is 1. The summed E-state index contributed by atoms with van der Waals surface area (Å²) in [7, 11) is 0. The van der Waals surface area contributed by atoms with E-state index < -0.39 is 17.9 Å². The summed E-state index contributed by atoms with van der Waals surface area (Å²) in [6.45, 7) is 1.79. The number of nitrogens with one attached hydrogen (secondary N) is 1. The molecular formula is C25H26FN3O6. The van der Waals surface area contributed by atoms with E-state index in [4.69, 9.17) is 14.0 Å². The van der Waals surface area contributed by atoms with Gasteiger partial charge in [-0.2, -0.15) is 0 Å². The van der Waals surface area contributed by atoms with E-state index in [2.05, 4.69) is 15.5 Å². The summed E-state index contributed by atoms with van der Waals surface area (Å²) in [6.07, 6.45) is 3.49. The van der Waals surface area contributed by atoms with E-state index in [1.165, 1.54) is 12.1 Å². The minimum Gasteiger partial charge on any atom is -0.489 e. The molecule has 0 unspecified atom stereocenters. The quantitative estimate of drug-likeness (QED) is 0.475. The van der Waals surface area contributed by atoms with Gasteiger partial charge in [-0.05, 0) is 62.4 Å². The first-order valence-corrected chi connectivity index (χ1v) is 11.3. The molecule has 1 aliphatic rings. The van der Waals surface area contributed by atoms with E-state index in [9.17, 15) is 19.1 Å². The summed E-state index contributed by atoms with van der Waals surface area (Å²) in [6, 6.07) is 9.29. The molecule has 1 fully saturated rings. The van der Waals surface area contributed by atoms with Crippen LogP contribution in [0.25, 0.3) is 11.5 Å². The number of amides is 1.